The van der Waals surface area contributed by atoms with Crippen molar-refractivity contribution in [3.8, 4) is 28.4 Å². The summed E-state index contributed by atoms with van der Waals surface area (Å²) in [5.74, 6) is 1.56. The third-order valence-electron chi connectivity index (χ3n) is 3.94. The molecule has 23 heavy (non-hydrogen) atoms. The maximum atomic E-state index is 5.78. The summed E-state index contributed by atoms with van der Waals surface area (Å²) in [6, 6.07) is 13.7. The molecule has 1 aliphatic rings. The molecular weight excluding hydrogens is 290 g/mol. The monoisotopic (exact) mass is 301 g/mol. The minimum Gasteiger partial charge on any atom is -0.488 e. The Hall–Kier alpha value is -3.28. The van der Waals surface area contributed by atoms with Gasteiger partial charge in [-0.1, -0.05) is 12.1 Å². The Morgan fingerprint density at radius 2 is 1.87 bits per heavy atom. The lowest BCUT2D eigenvalue weighted by molar-refractivity contribution is 0.301. The molecule has 0 fully saturated rings. The van der Waals surface area contributed by atoms with E-state index in [0.717, 1.165) is 28.1 Å². The normalized spacial score (nSPS) is 12.5. The van der Waals surface area contributed by atoms with Crippen LogP contribution in [0.5, 0.6) is 5.75 Å². The maximum Gasteiger partial charge on any atom is 0.185 e. The van der Waals surface area contributed by atoms with Crippen molar-refractivity contribution in [1.29, 1.82) is 0 Å². The average Bonchev–Trinajstić information content (AvgIpc) is 3.03. The van der Waals surface area contributed by atoms with Gasteiger partial charge in [-0.2, -0.15) is 9.61 Å². The lowest BCUT2D eigenvalue weighted by Crippen LogP contribution is -2.10. The first-order valence-corrected chi connectivity index (χ1v) is 7.28. The molecule has 0 amide bonds. The Labute approximate surface area is 131 Å². The van der Waals surface area contributed by atoms with E-state index in [1.165, 1.54) is 0 Å². The average molecular weight is 301 g/mol. The zero-order valence-corrected chi connectivity index (χ0v) is 12.0. The molecule has 6 heteroatoms. The van der Waals surface area contributed by atoms with Crippen LogP contribution < -0.4 is 4.74 Å². The molecule has 0 bridgehead atoms. The fraction of sp³-hybridized carbons (Fsp3) is 0.0588. The van der Waals surface area contributed by atoms with E-state index in [1.807, 2.05) is 42.5 Å². The van der Waals surface area contributed by atoms with Gasteiger partial charge in [0.15, 0.2) is 11.5 Å². The minimum absolute atomic E-state index is 0.493. The number of benzene rings is 1. The summed E-state index contributed by atoms with van der Waals surface area (Å²) in [5, 5.41) is 13.3. The number of hydrogen-bond donors (Lipinski definition) is 0. The standard InChI is InChI=1S/C17H11N5O/c1-2-4-14-13(3-1)16-12(10-23-14)9-15-19-20-17(22(15)21-16)11-5-7-18-8-6-11/h1-9H,10H2. The predicted molar refractivity (Wildman–Crippen MR) is 83.8 cm³/mol. The van der Waals surface area contributed by atoms with E-state index < -0.39 is 0 Å². The van der Waals surface area contributed by atoms with Gasteiger partial charge in [0.1, 0.15) is 18.1 Å². The van der Waals surface area contributed by atoms with Gasteiger partial charge in [0.25, 0.3) is 0 Å². The van der Waals surface area contributed by atoms with Crippen molar-refractivity contribution in [3.05, 3.63) is 60.4 Å². The van der Waals surface area contributed by atoms with E-state index in [1.54, 1.807) is 16.9 Å². The number of fused-ring (bicyclic) bond motifs is 4. The van der Waals surface area contributed by atoms with Crippen molar-refractivity contribution in [3.63, 3.8) is 0 Å². The number of rotatable bonds is 1. The molecule has 110 valence electrons. The fourth-order valence-corrected chi connectivity index (χ4v) is 2.83. The Morgan fingerprint density at radius 3 is 2.78 bits per heavy atom. The zero-order valence-electron chi connectivity index (χ0n) is 12.0. The van der Waals surface area contributed by atoms with Gasteiger partial charge in [-0.15, -0.1) is 10.2 Å². The van der Waals surface area contributed by atoms with E-state index in [9.17, 15) is 0 Å². The summed E-state index contributed by atoms with van der Waals surface area (Å²) >= 11 is 0. The summed E-state index contributed by atoms with van der Waals surface area (Å²) in [6.45, 7) is 0.493. The highest BCUT2D eigenvalue weighted by molar-refractivity contribution is 5.73. The predicted octanol–water partition coefficient (Wildman–Crippen LogP) is 2.75. The quantitative estimate of drug-likeness (QED) is 0.541. The van der Waals surface area contributed by atoms with Crippen LogP contribution in [0.2, 0.25) is 0 Å². The summed E-state index contributed by atoms with van der Waals surface area (Å²) in [5.41, 5.74) is 4.56. The van der Waals surface area contributed by atoms with Crippen LogP contribution in [0.25, 0.3) is 28.3 Å². The number of hydrogen-bond acceptors (Lipinski definition) is 5. The lowest BCUT2D eigenvalue weighted by atomic mass is 10.0. The number of pyridine rings is 1. The third-order valence-corrected chi connectivity index (χ3v) is 3.94. The van der Waals surface area contributed by atoms with E-state index in [2.05, 4.69) is 15.2 Å². The van der Waals surface area contributed by atoms with E-state index in [0.29, 0.717) is 18.1 Å². The Balaban J connectivity index is 1.78. The number of para-hydroxylation sites is 1. The van der Waals surface area contributed by atoms with Crippen LogP contribution in [0.4, 0.5) is 0 Å². The molecule has 1 aliphatic heterocycles. The summed E-state index contributed by atoms with van der Waals surface area (Å²) in [6.07, 6.45) is 3.47. The van der Waals surface area contributed by atoms with Crippen LogP contribution in [0.15, 0.2) is 54.9 Å². The van der Waals surface area contributed by atoms with E-state index >= 15 is 0 Å². The topological polar surface area (TPSA) is 65.2 Å². The van der Waals surface area contributed by atoms with Crippen molar-refractivity contribution >= 4 is 5.65 Å². The highest BCUT2D eigenvalue weighted by Gasteiger charge is 2.21. The number of ether oxygens (including phenoxy) is 1. The summed E-state index contributed by atoms with van der Waals surface area (Å²) in [7, 11) is 0. The van der Waals surface area contributed by atoms with Gasteiger partial charge in [-0.3, -0.25) is 4.98 Å². The largest absolute Gasteiger partial charge is 0.488 e. The van der Waals surface area contributed by atoms with Crippen molar-refractivity contribution in [2.24, 2.45) is 0 Å². The van der Waals surface area contributed by atoms with Crippen molar-refractivity contribution in [2.45, 2.75) is 6.61 Å². The smallest absolute Gasteiger partial charge is 0.185 e. The SMILES string of the molecule is c1ccc2c(c1)OCc1cc3nnc(-c4ccncc4)n3nc1-2. The molecule has 0 saturated heterocycles. The van der Waals surface area contributed by atoms with Crippen LogP contribution in [-0.2, 0) is 6.61 Å². The van der Waals surface area contributed by atoms with Crippen molar-refractivity contribution in [1.82, 2.24) is 24.8 Å². The van der Waals surface area contributed by atoms with E-state index in [4.69, 9.17) is 9.84 Å². The second-order valence-corrected chi connectivity index (χ2v) is 5.33. The molecule has 4 heterocycles. The molecule has 0 spiro atoms. The van der Waals surface area contributed by atoms with Gasteiger partial charge < -0.3 is 4.74 Å². The first kappa shape index (κ1) is 12.3. The number of nitrogens with zero attached hydrogens (tertiary/aromatic N) is 5. The highest BCUT2D eigenvalue weighted by Crippen LogP contribution is 2.36. The Bertz CT molecular complexity index is 1030. The molecule has 0 saturated carbocycles. The van der Waals surface area contributed by atoms with Gasteiger partial charge >= 0.3 is 0 Å². The van der Waals surface area contributed by atoms with Crippen molar-refractivity contribution < 1.29 is 4.74 Å². The van der Waals surface area contributed by atoms with Crippen LogP contribution >= 0.6 is 0 Å². The Morgan fingerprint density at radius 1 is 1.00 bits per heavy atom. The van der Waals surface area contributed by atoms with Gasteiger partial charge in [0.2, 0.25) is 0 Å². The van der Waals surface area contributed by atoms with Crippen LogP contribution in [-0.4, -0.2) is 24.8 Å². The molecule has 0 aliphatic carbocycles. The molecule has 0 N–H and O–H groups in total. The maximum absolute atomic E-state index is 5.78. The molecular formula is C17H11N5O. The molecule has 0 radical (unpaired) electrons. The minimum atomic E-state index is 0.493. The first-order chi connectivity index (χ1) is 11.4. The second-order valence-electron chi connectivity index (χ2n) is 5.33. The third kappa shape index (κ3) is 1.81. The molecule has 5 rings (SSSR count). The van der Waals surface area contributed by atoms with Crippen LogP contribution in [0, 0.1) is 0 Å². The van der Waals surface area contributed by atoms with Crippen LogP contribution in [0.1, 0.15) is 5.56 Å². The van der Waals surface area contributed by atoms with Crippen LogP contribution in [0.3, 0.4) is 0 Å². The first-order valence-electron chi connectivity index (χ1n) is 7.28. The summed E-state index contributed by atoms with van der Waals surface area (Å²) < 4.78 is 7.56. The zero-order chi connectivity index (χ0) is 15.2. The Kier molecular flexibility index (Phi) is 2.46. The molecule has 0 unspecified atom stereocenters. The van der Waals surface area contributed by atoms with Gasteiger partial charge in [0, 0.05) is 29.1 Å². The lowest BCUT2D eigenvalue weighted by Gasteiger charge is -2.19. The summed E-state index contributed by atoms with van der Waals surface area (Å²) in [4.78, 5) is 4.04. The van der Waals surface area contributed by atoms with E-state index in [-0.39, 0.29) is 0 Å². The van der Waals surface area contributed by atoms with Gasteiger partial charge in [-0.25, -0.2) is 0 Å². The molecule has 4 aromatic rings. The number of aromatic nitrogens is 5. The van der Waals surface area contributed by atoms with Crippen molar-refractivity contribution in [2.75, 3.05) is 0 Å². The van der Waals surface area contributed by atoms with Gasteiger partial charge in [0.05, 0.1) is 0 Å². The fourth-order valence-electron chi connectivity index (χ4n) is 2.83. The molecule has 6 nitrogen and oxygen atoms in total. The highest BCUT2D eigenvalue weighted by atomic mass is 16.5. The molecule has 1 aromatic carbocycles. The second kappa shape index (κ2) is 4.61. The van der Waals surface area contributed by atoms with Gasteiger partial charge in [-0.05, 0) is 30.3 Å². The molecule has 3 aromatic heterocycles. The molecule has 0 atom stereocenters.